The number of halogens is 2. The lowest BCUT2D eigenvalue weighted by Crippen LogP contribution is -2.13. The molecule has 1 N–H and O–H groups in total. The number of hydrogen-bond acceptors (Lipinski definition) is 3. The first-order valence-corrected chi connectivity index (χ1v) is 7.08. The number of rotatable bonds is 1. The SMILES string of the molecule is O=S1(=O)N=C(Nc2cccc(F)c2F)c2ccccc21. The lowest BCUT2D eigenvalue weighted by Gasteiger charge is -2.07. The van der Waals surface area contributed by atoms with Crippen LogP contribution in [-0.2, 0) is 10.0 Å². The summed E-state index contributed by atoms with van der Waals surface area (Å²) in [6.07, 6.45) is 0. The first-order chi connectivity index (χ1) is 9.49. The molecular weight excluding hydrogens is 286 g/mol. The summed E-state index contributed by atoms with van der Waals surface area (Å²) in [5.41, 5.74) is 0.159. The van der Waals surface area contributed by atoms with E-state index in [-0.39, 0.29) is 16.4 Å². The van der Waals surface area contributed by atoms with E-state index in [1.165, 1.54) is 18.2 Å². The maximum atomic E-state index is 13.6. The summed E-state index contributed by atoms with van der Waals surface area (Å²) in [6.45, 7) is 0. The molecule has 0 aliphatic carbocycles. The molecule has 0 atom stereocenters. The van der Waals surface area contributed by atoms with Crippen molar-refractivity contribution in [3.63, 3.8) is 0 Å². The summed E-state index contributed by atoms with van der Waals surface area (Å²) in [6, 6.07) is 9.75. The van der Waals surface area contributed by atoms with Gasteiger partial charge >= 0.3 is 0 Å². The summed E-state index contributed by atoms with van der Waals surface area (Å²) in [7, 11) is -3.79. The lowest BCUT2D eigenvalue weighted by atomic mass is 10.2. The van der Waals surface area contributed by atoms with E-state index in [0.29, 0.717) is 5.56 Å². The summed E-state index contributed by atoms with van der Waals surface area (Å²) in [4.78, 5) is 0.0410. The van der Waals surface area contributed by atoms with Gasteiger partial charge in [0.2, 0.25) is 0 Å². The fourth-order valence-electron chi connectivity index (χ4n) is 1.92. The van der Waals surface area contributed by atoms with Crippen molar-refractivity contribution in [2.24, 2.45) is 4.40 Å². The van der Waals surface area contributed by atoms with Crippen molar-refractivity contribution in [2.75, 3.05) is 5.32 Å². The Kier molecular flexibility index (Phi) is 2.79. The van der Waals surface area contributed by atoms with Gasteiger partial charge in [0, 0.05) is 5.56 Å². The molecule has 0 amide bonds. The molecule has 1 heterocycles. The van der Waals surface area contributed by atoms with Crippen LogP contribution in [0.3, 0.4) is 0 Å². The molecule has 0 saturated carbocycles. The molecule has 102 valence electrons. The van der Waals surface area contributed by atoms with Gasteiger partial charge in [0.1, 0.15) is 4.90 Å². The third-order valence-electron chi connectivity index (χ3n) is 2.84. The molecule has 0 radical (unpaired) electrons. The predicted octanol–water partition coefficient (Wildman–Crippen LogP) is 2.53. The minimum absolute atomic E-state index is 0.0231. The van der Waals surface area contributed by atoms with E-state index in [1.807, 2.05) is 0 Å². The smallest absolute Gasteiger partial charge is 0.285 e. The van der Waals surface area contributed by atoms with Gasteiger partial charge in [0.15, 0.2) is 17.5 Å². The molecule has 0 spiro atoms. The van der Waals surface area contributed by atoms with E-state index < -0.39 is 21.7 Å². The highest BCUT2D eigenvalue weighted by Gasteiger charge is 2.28. The van der Waals surface area contributed by atoms with Crippen molar-refractivity contribution in [1.82, 2.24) is 0 Å². The molecule has 4 nitrogen and oxygen atoms in total. The molecule has 0 saturated heterocycles. The highest BCUT2D eigenvalue weighted by Crippen LogP contribution is 2.27. The van der Waals surface area contributed by atoms with E-state index in [2.05, 4.69) is 9.71 Å². The van der Waals surface area contributed by atoms with Crippen LogP contribution < -0.4 is 5.32 Å². The second-order valence-electron chi connectivity index (χ2n) is 4.14. The van der Waals surface area contributed by atoms with Crippen molar-refractivity contribution >= 4 is 21.5 Å². The Morgan fingerprint density at radius 3 is 2.55 bits per heavy atom. The molecule has 0 fully saturated rings. The van der Waals surface area contributed by atoms with E-state index in [0.717, 1.165) is 6.07 Å². The third kappa shape index (κ3) is 1.96. The van der Waals surface area contributed by atoms with Gasteiger partial charge in [-0.25, -0.2) is 8.78 Å². The summed E-state index contributed by atoms with van der Waals surface area (Å²) >= 11 is 0. The van der Waals surface area contributed by atoms with Crippen molar-refractivity contribution in [2.45, 2.75) is 4.90 Å². The second kappa shape index (κ2) is 4.38. The van der Waals surface area contributed by atoms with Crippen molar-refractivity contribution in [1.29, 1.82) is 0 Å². The average molecular weight is 294 g/mol. The van der Waals surface area contributed by atoms with Crippen LogP contribution >= 0.6 is 0 Å². The van der Waals surface area contributed by atoms with Gasteiger partial charge in [-0.2, -0.15) is 8.42 Å². The Bertz CT molecular complexity index is 832. The van der Waals surface area contributed by atoms with Crippen LogP contribution in [0.5, 0.6) is 0 Å². The zero-order valence-corrected chi connectivity index (χ0v) is 10.8. The summed E-state index contributed by atoms with van der Waals surface area (Å²) < 4.78 is 53.9. The van der Waals surface area contributed by atoms with Crippen LogP contribution in [0.2, 0.25) is 0 Å². The lowest BCUT2D eigenvalue weighted by molar-refractivity contribution is 0.512. The number of nitrogens with zero attached hydrogens (tertiary/aromatic N) is 1. The second-order valence-corrected chi connectivity index (χ2v) is 5.71. The van der Waals surface area contributed by atoms with Crippen LogP contribution in [0.15, 0.2) is 51.8 Å². The topological polar surface area (TPSA) is 58.5 Å². The van der Waals surface area contributed by atoms with Gasteiger partial charge in [-0.05, 0) is 24.3 Å². The number of amidine groups is 1. The van der Waals surface area contributed by atoms with Gasteiger partial charge in [-0.1, -0.05) is 18.2 Å². The van der Waals surface area contributed by atoms with Crippen LogP contribution in [0.1, 0.15) is 5.56 Å². The first kappa shape index (κ1) is 12.7. The number of anilines is 1. The average Bonchev–Trinajstić information content (AvgIpc) is 2.67. The van der Waals surface area contributed by atoms with E-state index in [4.69, 9.17) is 0 Å². The third-order valence-corrected chi connectivity index (χ3v) is 4.17. The Hall–Kier alpha value is -2.28. The Balaban J connectivity index is 2.07. The van der Waals surface area contributed by atoms with Crippen LogP contribution in [0.25, 0.3) is 0 Å². The molecule has 2 aromatic carbocycles. The fraction of sp³-hybridized carbons (Fsp3) is 0. The van der Waals surface area contributed by atoms with Crippen molar-refractivity contribution < 1.29 is 17.2 Å². The zero-order chi connectivity index (χ0) is 14.3. The largest absolute Gasteiger partial charge is 0.337 e. The molecule has 1 aliphatic rings. The Labute approximate surface area is 113 Å². The quantitative estimate of drug-likeness (QED) is 0.879. The maximum absolute atomic E-state index is 13.6. The van der Waals surface area contributed by atoms with Crippen molar-refractivity contribution in [3.8, 4) is 0 Å². The number of benzene rings is 2. The molecular formula is C13H8F2N2O2S. The number of sulfonamides is 1. The fourth-order valence-corrected chi connectivity index (χ4v) is 3.10. The predicted molar refractivity (Wildman–Crippen MR) is 70.1 cm³/mol. The molecule has 0 unspecified atom stereocenters. The molecule has 7 heteroatoms. The number of hydrogen-bond donors (Lipinski definition) is 1. The summed E-state index contributed by atoms with van der Waals surface area (Å²) in [5, 5.41) is 2.52. The normalized spacial score (nSPS) is 15.6. The number of nitrogens with one attached hydrogen (secondary N) is 1. The van der Waals surface area contributed by atoms with Gasteiger partial charge in [0.05, 0.1) is 5.69 Å². The van der Waals surface area contributed by atoms with Gasteiger partial charge in [-0.15, -0.1) is 4.40 Å². The zero-order valence-electron chi connectivity index (χ0n) is 9.97. The molecule has 0 bridgehead atoms. The minimum Gasteiger partial charge on any atom is -0.337 e. The molecule has 2 aromatic rings. The van der Waals surface area contributed by atoms with Crippen molar-refractivity contribution in [3.05, 3.63) is 59.7 Å². The van der Waals surface area contributed by atoms with Gasteiger partial charge in [0.25, 0.3) is 10.0 Å². The molecule has 20 heavy (non-hydrogen) atoms. The highest BCUT2D eigenvalue weighted by atomic mass is 32.2. The Morgan fingerprint density at radius 2 is 1.75 bits per heavy atom. The number of fused-ring (bicyclic) bond motifs is 1. The molecule has 3 rings (SSSR count). The van der Waals surface area contributed by atoms with E-state index in [9.17, 15) is 17.2 Å². The molecule has 1 aliphatic heterocycles. The monoisotopic (exact) mass is 294 g/mol. The van der Waals surface area contributed by atoms with Crippen LogP contribution in [-0.4, -0.2) is 14.3 Å². The van der Waals surface area contributed by atoms with Gasteiger partial charge in [-0.3, -0.25) is 0 Å². The van der Waals surface area contributed by atoms with E-state index in [1.54, 1.807) is 18.2 Å². The maximum Gasteiger partial charge on any atom is 0.285 e. The van der Waals surface area contributed by atoms with Crippen LogP contribution in [0, 0.1) is 11.6 Å². The highest BCUT2D eigenvalue weighted by molar-refractivity contribution is 7.90. The standard InChI is InChI=1S/C13H8F2N2O2S/c14-9-5-3-6-10(12(9)15)16-13-8-4-1-2-7-11(8)20(18,19)17-13/h1-7H,(H,16,17). The molecule has 0 aromatic heterocycles. The minimum atomic E-state index is -3.79. The Morgan fingerprint density at radius 1 is 1.00 bits per heavy atom. The van der Waals surface area contributed by atoms with E-state index >= 15 is 0 Å². The first-order valence-electron chi connectivity index (χ1n) is 5.64. The van der Waals surface area contributed by atoms with Gasteiger partial charge < -0.3 is 5.32 Å². The summed E-state index contributed by atoms with van der Waals surface area (Å²) in [5.74, 6) is -2.13. The van der Waals surface area contributed by atoms with Crippen LogP contribution in [0.4, 0.5) is 14.5 Å².